The number of hydrogen-bond donors (Lipinski definition) is 0. The van der Waals surface area contributed by atoms with Gasteiger partial charge in [0.15, 0.2) is 5.79 Å². The Kier molecular flexibility index (Phi) is 4.24. The highest BCUT2D eigenvalue weighted by molar-refractivity contribution is 5.73. The Bertz CT molecular complexity index is 513. The number of carbonyl (C=O) groups is 1. The van der Waals surface area contributed by atoms with E-state index in [4.69, 9.17) is 14.2 Å². The molecule has 120 valence electrons. The van der Waals surface area contributed by atoms with Crippen molar-refractivity contribution in [2.75, 3.05) is 13.2 Å². The van der Waals surface area contributed by atoms with Crippen LogP contribution in [0.3, 0.4) is 0 Å². The van der Waals surface area contributed by atoms with Gasteiger partial charge in [-0.05, 0) is 12.0 Å². The molecule has 0 radical (unpaired) electrons. The molecule has 22 heavy (non-hydrogen) atoms. The van der Waals surface area contributed by atoms with E-state index in [1.807, 2.05) is 30.3 Å². The van der Waals surface area contributed by atoms with Crippen molar-refractivity contribution in [3.8, 4) is 0 Å². The van der Waals surface area contributed by atoms with Gasteiger partial charge in [-0.15, -0.1) is 0 Å². The number of rotatable bonds is 3. The predicted octanol–water partition coefficient (Wildman–Crippen LogP) is 3.30. The quantitative estimate of drug-likeness (QED) is 0.804. The van der Waals surface area contributed by atoms with Crippen LogP contribution in [0.4, 0.5) is 0 Å². The average molecular weight is 304 g/mol. The van der Waals surface area contributed by atoms with Crippen LogP contribution >= 0.6 is 0 Å². The zero-order valence-electron chi connectivity index (χ0n) is 13.3. The van der Waals surface area contributed by atoms with Crippen molar-refractivity contribution < 1.29 is 19.0 Å². The lowest BCUT2D eigenvalue weighted by Crippen LogP contribution is -2.46. The summed E-state index contributed by atoms with van der Waals surface area (Å²) >= 11 is 0. The Balaban J connectivity index is 1.51. The van der Waals surface area contributed by atoms with Crippen LogP contribution in [-0.4, -0.2) is 25.0 Å². The van der Waals surface area contributed by atoms with Crippen LogP contribution in [0.2, 0.25) is 0 Å². The zero-order chi connectivity index (χ0) is 15.6. The van der Waals surface area contributed by atoms with Gasteiger partial charge in [-0.25, -0.2) is 0 Å². The minimum Gasteiger partial charge on any atom is -0.461 e. The molecule has 4 heteroatoms. The van der Waals surface area contributed by atoms with Gasteiger partial charge < -0.3 is 14.2 Å². The van der Waals surface area contributed by atoms with E-state index in [2.05, 4.69) is 13.8 Å². The highest BCUT2D eigenvalue weighted by atomic mass is 16.7. The second-order valence-electron chi connectivity index (χ2n) is 7.19. The zero-order valence-corrected chi connectivity index (χ0v) is 13.3. The fraction of sp³-hybridized carbons (Fsp3) is 0.611. The molecule has 1 spiro atoms. The predicted molar refractivity (Wildman–Crippen MR) is 82.0 cm³/mol. The molecule has 1 saturated heterocycles. The molecular formula is C18H24O4. The van der Waals surface area contributed by atoms with Crippen molar-refractivity contribution in [3.05, 3.63) is 35.9 Å². The van der Waals surface area contributed by atoms with Crippen LogP contribution in [-0.2, 0) is 25.6 Å². The first-order valence-electron chi connectivity index (χ1n) is 7.97. The molecule has 1 heterocycles. The van der Waals surface area contributed by atoms with Gasteiger partial charge >= 0.3 is 5.97 Å². The molecule has 1 aliphatic carbocycles. The maximum absolute atomic E-state index is 12.2. The van der Waals surface area contributed by atoms with Crippen LogP contribution in [0.5, 0.6) is 0 Å². The summed E-state index contributed by atoms with van der Waals surface area (Å²) in [5.41, 5.74) is 1.06. The lowest BCUT2D eigenvalue weighted by molar-refractivity contribution is -0.295. The molecule has 1 saturated carbocycles. The highest BCUT2D eigenvalue weighted by Gasteiger charge is 2.48. The third-order valence-electron chi connectivity index (χ3n) is 4.44. The van der Waals surface area contributed by atoms with E-state index in [-0.39, 0.29) is 17.3 Å². The Morgan fingerprint density at radius 1 is 1.23 bits per heavy atom. The summed E-state index contributed by atoms with van der Waals surface area (Å²) < 4.78 is 17.3. The van der Waals surface area contributed by atoms with Crippen LogP contribution in [0.15, 0.2) is 30.3 Å². The molecule has 0 aromatic heterocycles. The highest BCUT2D eigenvalue weighted by Crippen LogP contribution is 2.43. The second kappa shape index (κ2) is 6.01. The molecule has 0 amide bonds. The van der Waals surface area contributed by atoms with Gasteiger partial charge in [-0.2, -0.15) is 0 Å². The van der Waals surface area contributed by atoms with E-state index in [0.29, 0.717) is 26.2 Å². The first-order chi connectivity index (χ1) is 10.5. The third-order valence-corrected chi connectivity index (χ3v) is 4.44. The molecule has 0 N–H and O–H groups in total. The van der Waals surface area contributed by atoms with Crippen molar-refractivity contribution in [2.24, 2.45) is 11.3 Å². The van der Waals surface area contributed by atoms with Crippen LogP contribution in [0.25, 0.3) is 0 Å². The van der Waals surface area contributed by atoms with E-state index in [0.717, 1.165) is 18.4 Å². The molecule has 2 fully saturated rings. The Morgan fingerprint density at radius 3 is 2.59 bits per heavy atom. The SMILES string of the molecule is CC1(C)COC2(CC[C@H](C(=O)OCc3ccccc3)C2)OC1. The number of carbonyl (C=O) groups excluding carboxylic acids is 1. The molecule has 1 aromatic rings. The normalized spacial score (nSPS) is 26.0. The van der Waals surface area contributed by atoms with Gasteiger partial charge in [0.25, 0.3) is 0 Å². The smallest absolute Gasteiger partial charge is 0.309 e. The van der Waals surface area contributed by atoms with Gasteiger partial charge in [0.1, 0.15) is 6.61 Å². The van der Waals surface area contributed by atoms with Crippen LogP contribution in [0.1, 0.15) is 38.7 Å². The van der Waals surface area contributed by atoms with E-state index < -0.39 is 5.79 Å². The average Bonchev–Trinajstić information content (AvgIpc) is 2.94. The third kappa shape index (κ3) is 3.50. The summed E-state index contributed by atoms with van der Waals surface area (Å²) in [6.45, 7) is 5.94. The topological polar surface area (TPSA) is 44.8 Å². The van der Waals surface area contributed by atoms with Gasteiger partial charge in [0.2, 0.25) is 0 Å². The second-order valence-corrected chi connectivity index (χ2v) is 7.19. The molecule has 4 nitrogen and oxygen atoms in total. The first-order valence-corrected chi connectivity index (χ1v) is 7.97. The maximum Gasteiger partial charge on any atom is 0.309 e. The molecule has 1 aliphatic heterocycles. The summed E-state index contributed by atoms with van der Waals surface area (Å²) in [5, 5.41) is 0. The summed E-state index contributed by atoms with van der Waals surface area (Å²) in [5.74, 6) is -0.825. The molecule has 3 rings (SSSR count). The first kappa shape index (κ1) is 15.5. The van der Waals surface area contributed by atoms with Gasteiger partial charge in [0, 0.05) is 18.3 Å². The standard InChI is InChI=1S/C18H24O4/c1-17(2)12-21-18(22-13-17)9-8-15(10-18)16(19)20-11-14-6-4-3-5-7-14/h3-7,15H,8-13H2,1-2H3/t15-/m0/s1. The van der Waals surface area contributed by atoms with Crippen molar-refractivity contribution >= 4 is 5.97 Å². The van der Waals surface area contributed by atoms with Crippen molar-refractivity contribution in [3.63, 3.8) is 0 Å². The van der Waals surface area contributed by atoms with Crippen LogP contribution < -0.4 is 0 Å². The molecule has 2 aliphatic rings. The summed E-state index contributed by atoms with van der Waals surface area (Å²) in [6.07, 6.45) is 2.15. The molecule has 1 atom stereocenters. The molecule has 1 aromatic carbocycles. The molecule has 0 unspecified atom stereocenters. The fourth-order valence-electron chi connectivity index (χ4n) is 3.02. The Hall–Kier alpha value is -1.39. The molecular weight excluding hydrogens is 280 g/mol. The number of esters is 1. The lowest BCUT2D eigenvalue weighted by atomic mass is 9.94. The van der Waals surface area contributed by atoms with Gasteiger partial charge in [-0.1, -0.05) is 44.2 Å². The number of ether oxygens (including phenoxy) is 3. The van der Waals surface area contributed by atoms with Gasteiger partial charge in [-0.3, -0.25) is 4.79 Å². The van der Waals surface area contributed by atoms with E-state index in [1.54, 1.807) is 0 Å². The van der Waals surface area contributed by atoms with Crippen molar-refractivity contribution in [1.29, 1.82) is 0 Å². The number of hydrogen-bond acceptors (Lipinski definition) is 4. The monoisotopic (exact) mass is 304 g/mol. The largest absolute Gasteiger partial charge is 0.461 e. The van der Waals surface area contributed by atoms with E-state index in [9.17, 15) is 4.79 Å². The van der Waals surface area contributed by atoms with Crippen molar-refractivity contribution in [1.82, 2.24) is 0 Å². The van der Waals surface area contributed by atoms with Crippen molar-refractivity contribution in [2.45, 2.75) is 45.5 Å². The maximum atomic E-state index is 12.2. The molecule has 0 bridgehead atoms. The lowest BCUT2D eigenvalue weighted by Gasteiger charge is -2.41. The fourth-order valence-corrected chi connectivity index (χ4v) is 3.02. The van der Waals surface area contributed by atoms with Gasteiger partial charge in [0.05, 0.1) is 19.1 Å². The Labute approximate surface area is 131 Å². The summed E-state index contributed by atoms with van der Waals surface area (Å²) in [7, 11) is 0. The Morgan fingerprint density at radius 2 is 1.91 bits per heavy atom. The van der Waals surface area contributed by atoms with E-state index in [1.165, 1.54) is 0 Å². The minimum absolute atomic E-state index is 0.0527. The summed E-state index contributed by atoms with van der Waals surface area (Å²) in [4.78, 5) is 12.2. The van der Waals surface area contributed by atoms with Crippen LogP contribution in [0, 0.1) is 11.3 Å². The summed E-state index contributed by atoms with van der Waals surface area (Å²) in [6, 6.07) is 9.75. The van der Waals surface area contributed by atoms with E-state index >= 15 is 0 Å². The number of benzene rings is 1. The minimum atomic E-state index is -0.564.